The molecule has 228 valence electrons. The van der Waals surface area contributed by atoms with Gasteiger partial charge < -0.3 is 24.8 Å². The molecule has 3 saturated carbocycles. The maximum absolute atomic E-state index is 14.3. The molecule has 43 heavy (non-hydrogen) atoms. The molecule has 1 aromatic carbocycles. The average Bonchev–Trinajstić information content (AvgIpc) is 3.57. The first-order valence-corrected chi connectivity index (χ1v) is 15.5. The van der Waals surface area contributed by atoms with Gasteiger partial charge in [0.1, 0.15) is 0 Å². The number of benzene rings is 1. The largest absolute Gasteiger partial charge is 0.481 e. The molecule has 6 atom stereocenters. The fraction of sp³-hybridized carbons (Fsp3) is 0.594. The van der Waals surface area contributed by atoms with E-state index >= 15 is 0 Å². The van der Waals surface area contributed by atoms with Crippen LogP contribution < -0.4 is 10.6 Å². The standard InChI is InChI=1S/C32H42BN5O5/c1-20(2)13-27(33-41-26-15-23-14-25(30(23,3)4)31(26,5)42-33)37-29(40)32(16-21-9-7-6-8-10-21)17-24(38-43-32)19-34-28(39)22-11-12-35-36-18-22/h6-12,18,20,23,25-27H,13-17,19H2,1-5H3,(H,34,39)(H,37,40)/t23-,25-,26+,27-,31-,32?/m0/s1. The third-order valence-corrected chi connectivity index (χ3v) is 10.2. The van der Waals surface area contributed by atoms with E-state index in [1.165, 1.54) is 18.8 Å². The van der Waals surface area contributed by atoms with Crippen molar-refractivity contribution in [2.75, 3.05) is 6.54 Å². The lowest BCUT2D eigenvalue weighted by atomic mass is 9.43. The van der Waals surface area contributed by atoms with Gasteiger partial charge in [-0.2, -0.15) is 10.2 Å². The molecular formula is C32H42BN5O5. The first kappa shape index (κ1) is 29.8. The van der Waals surface area contributed by atoms with Crippen molar-refractivity contribution in [3.8, 4) is 0 Å². The molecule has 2 aromatic rings. The quantitative estimate of drug-likeness (QED) is 0.406. The topological polar surface area (TPSA) is 124 Å². The van der Waals surface area contributed by atoms with Crippen LogP contribution in [0, 0.1) is 23.2 Å². The molecular weight excluding hydrogens is 545 g/mol. The summed E-state index contributed by atoms with van der Waals surface area (Å²) < 4.78 is 13.4. The minimum absolute atomic E-state index is 0.0241. The summed E-state index contributed by atoms with van der Waals surface area (Å²) in [7, 11) is -0.541. The van der Waals surface area contributed by atoms with E-state index in [0.29, 0.717) is 41.9 Å². The van der Waals surface area contributed by atoms with Crippen LogP contribution in [0.15, 0.2) is 53.9 Å². The molecule has 0 spiro atoms. The first-order valence-electron chi connectivity index (χ1n) is 15.5. The molecule has 1 aromatic heterocycles. The van der Waals surface area contributed by atoms with Gasteiger partial charge >= 0.3 is 7.12 Å². The highest BCUT2D eigenvalue weighted by atomic mass is 16.7. The van der Waals surface area contributed by atoms with Crippen LogP contribution in [0.3, 0.4) is 0 Å². The van der Waals surface area contributed by atoms with Gasteiger partial charge in [-0.3, -0.25) is 9.59 Å². The van der Waals surface area contributed by atoms with E-state index in [4.69, 9.17) is 14.1 Å². The van der Waals surface area contributed by atoms with E-state index in [1.807, 2.05) is 30.3 Å². The Morgan fingerprint density at radius 2 is 1.88 bits per heavy atom. The molecule has 2 amide bonds. The number of hydrogen-bond acceptors (Lipinski definition) is 8. The maximum Gasteiger partial charge on any atom is 0.481 e. The Labute approximate surface area is 253 Å². The Morgan fingerprint density at radius 3 is 2.58 bits per heavy atom. The van der Waals surface area contributed by atoms with Crippen LogP contribution in [0.1, 0.15) is 76.2 Å². The lowest BCUT2D eigenvalue weighted by molar-refractivity contribution is -0.199. The number of carbonyl (C=O) groups is 2. The number of oxime groups is 1. The third kappa shape index (κ3) is 5.57. The van der Waals surface area contributed by atoms with E-state index < -0.39 is 12.7 Å². The van der Waals surface area contributed by atoms with Crippen molar-refractivity contribution in [1.82, 2.24) is 20.8 Å². The minimum Gasteiger partial charge on any atom is -0.404 e. The van der Waals surface area contributed by atoms with Gasteiger partial charge in [0.25, 0.3) is 11.8 Å². The van der Waals surface area contributed by atoms with Crippen LogP contribution in [-0.2, 0) is 25.4 Å². The molecule has 10 nitrogen and oxygen atoms in total. The molecule has 0 radical (unpaired) electrons. The summed E-state index contributed by atoms with van der Waals surface area (Å²) in [5, 5.41) is 17.9. The number of carbonyl (C=O) groups excluding carboxylic acids is 2. The number of nitrogens with one attached hydrogen (secondary N) is 2. The molecule has 11 heteroatoms. The second kappa shape index (κ2) is 11.3. The fourth-order valence-electron chi connectivity index (χ4n) is 7.69. The highest BCUT2D eigenvalue weighted by Crippen LogP contribution is 2.65. The molecule has 2 bridgehead atoms. The highest BCUT2D eigenvalue weighted by Gasteiger charge is 2.68. The third-order valence-electron chi connectivity index (χ3n) is 10.2. The summed E-state index contributed by atoms with van der Waals surface area (Å²) in [6, 6.07) is 11.4. The Morgan fingerprint density at radius 1 is 1.09 bits per heavy atom. The summed E-state index contributed by atoms with van der Waals surface area (Å²) in [5.41, 5.74) is 0.521. The smallest absolute Gasteiger partial charge is 0.404 e. The van der Waals surface area contributed by atoms with Gasteiger partial charge in [0.05, 0.1) is 47.9 Å². The molecule has 3 aliphatic carbocycles. The van der Waals surface area contributed by atoms with Crippen LogP contribution in [0.25, 0.3) is 0 Å². The van der Waals surface area contributed by atoms with Gasteiger partial charge in [0.15, 0.2) is 0 Å². The van der Waals surface area contributed by atoms with E-state index in [0.717, 1.165) is 12.0 Å². The zero-order chi connectivity index (χ0) is 30.4. The van der Waals surface area contributed by atoms with Gasteiger partial charge in [0.2, 0.25) is 5.60 Å². The van der Waals surface area contributed by atoms with Crippen LogP contribution in [0.4, 0.5) is 0 Å². The SMILES string of the molecule is CC(C)C[C@H](NC(=O)C1(Cc2ccccc2)CC(CNC(=O)c2ccnnc2)=NO1)B1O[C@@H]2C[C@@H]3C[C@@H](C3(C)C)[C@]2(C)O1. The van der Waals surface area contributed by atoms with Gasteiger partial charge in [0, 0.05) is 12.8 Å². The maximum atomic E-state index is 14.3. The Balaban J connectivity index is 1.18. The van der Waals surface area contributed by atoms with Crippen LogP contribution in [-0.4, -0.2) is 64.6 Å². The number of rotatable bonds is 10. The molecule has 1 saturated heterocycles. The summed E-state index contributed by atoms with van der Waals surface area (Å²) in [6.07, 6.45) is 6.30. The van der Waals surface area contributed by atoms with E-state index in [1.54, 1.807) is 6.07 Å². The van der Waals surface area contributed by atoms with Crippen molar-refractivity contribution in [2.45, 2.75) is 90.0 Å². The van der Waals surface area contributed by atoms with Crippen LogP contribution in [0.5, 0.6) is 0 Å². The highest BCUT2D eigenvalue weighted by molar-refractivity contribution is 6.48. The van der Waals surface area contributed by atoms with Crippen molar-refractivity contribution in [1.29, 1.82) is 0 Å². The molecule has 2 aliphatic heterocycles. The van der Waals surface area contributed by atoms with Crippen molar-refractivity contribution in [3.63, 3.8) is 0 Å². The Hall–Kier alpha value is -3.31. The summed E-state index contributed by atoms with van der Waals surface area (Å²) >= 11 is 0. The van der Waals surface area contributed by atoms with Crippen molar-refractivity contribution < 1.29 is 23.7 Å². The molecule has 1 unspecified atom stereocenters. The van der Waals surface area contributed by atoms with Crippen LogP contribution >= 0.6 is 0 Å². The van der Waals surface area contributed by atoms with Gasteiger partial charge in [-0.25, -0.2) is 0 Å². The molecule has 3 heterocycles. The van der Waals surface area contributed by atoms with Gasteiger partial charge in [-0.05, 0) is 61.0 Å². The zero-order valence-corrected chi connectivity index (χ0v) is 25.7. The predicted octanol–water partition coefficient (Wildman–Crippen LogP) is 3.76. The average molecular weight is 588 g/mol. The second-order valence-corrected chi connectivity index (χ2v) is 13.9. The predicted molar refractivity (Wildman–Crippen MR) is 162 cm³/mol. The Kier molecular flexibility index (Phi) is 7.83. The Bertz CT molecular complexity index is 1370. The number of hydrogen-bond donors (Lipinski definition) is 2. The second-order valence-electron chi connectivity index (χ2n) is 13.9. The van der Waals surface area contributed by atoms with E-state index in [-0.39, 0.29) is 47.8 Å². The molecule has 4 fully saturated rings. The van der Waals surface area contributed by atoms with E-state index in [9.17, 15) is 9.59 Å². The summed E-state index contributed by atoms with van der Waals surface area (Å²) in [5.74, 6) is 0.462. The number of amides is 2. The lowest BCUT2D eigenvalue weighted by Crippen LogP contribution is -2.65. The molecule has 2 N–H and O–H groups in total. The lowest BCUT2D eigenvalue weighted by Gasteiger charge is -2.64. The monoisotopic (exact) mass is 587 g/mol. The molecule has 7 rings (SSSR count). The number of nitrogens with zero attached hydrogens (tertiary/aromatic N) is 3. The summed E-state index contributed by atoms with van der Waals surface area (Å²) in [6.45, 7) is 11.3. The fourth-order valence-corrected chi connectivity index (χ4v) is 7.69. The van der Waals surface area contributed by atoms with Crippen molar-refractivity contribution in [3.05, 3.63) is 59.9 Å². The van der Waals surface area contributed by atoms with Crippen molar-refractivity contribution >= 4 is 24.6 Å². The van der Waals surface area contributed by atoms with Crippen LogP contribution in [0.2, 0.25) is 0 Å². The first-order chi connectivity index (χ1) is 20.5. The summed E-state index contributed by atoms with van der Waals surface area (Å²) in [4.78, 5) is 32.9. The van der Waals surface area contributed by atoms with Gasteiger partial charge in [-0.15, -0.1) is 0 Å². The minimum atomic E-state index is -1.27. The van der Waals surface area contributed by atoms with E-state index in [2.05, 4.69) is 60.6 Å². The zero-order valence-electron chi connectivity index (χ0n) is 25.7. The van der Waals surface area contributed by atoms with Gasteiger partial charge in [-0.1, -0.05) is 63.2 Å². The normalized spacial score (nSPS) is 31.0. The molecule has 5 aliphatic rings. The van der Waals surface area contributed by atoms with Crippen molar-refractivity contribution in [2.24, 2.45) is 28.3 Å². The number of aromatic nitrogens is 2.